The summed E-state index contributed by atoms with van der Waals surface area (Å²) in [7, 11) is -4.94. The molecule has 2 heterocycles. The van der Waals surface area contributed by atoms with E-state index in [4.69, 9.17) is 18.6 Å². The van der Waals surface area contributed by atoms with Crippen molar-refractivity contribution in [3.05, 3.63) is 0 Å². The molecule has 21 heavy (non-hydrogen) atoms. The topological polar surface area (TPSA) is 98.3 Å². The summed E-state index contributed by atoms with van der Waals surface area (Å²) in [6.45, 7) is 5.37. The highest BCUT2D eigenvalue weighted by Gasteiger charge is 2.28. The summed E-state index contributed by atoms with van der Waals surface area (Å²) in [5.41, 5.74) is 3.53. The van der Waals surface area contributed by atoms with E-state index in [1.165, 1.54) is 77.5 Å². The number of halogens is 1. The van der Waals surface area contributed by atoms with Crippen LogP contribution in [0, 0.1) is 10.2 Å². The van der Waals surface area contributed by atoms with Crippen molar-refractivity contribution in [1.82, 2.24) is 0 Å². The predicted molar refractivity (Wildman–Crippen MR) is 66.9 cm³/mol. The highest BCUT2D eigenvalue weighted by atomic mass is 35.7. The molecule has 0 aromatic heterocycles. The van der Waals surface area contributed by atoms with Crippen LogP contribution in [0.3, 0.4) is 0 Å². The summed E-state index contributed by atoms with van der Waals surface area (Å²) in [4.78, 5) is 0. The van der Waals surface area contributed by atoms with Crippen LogP contribution in [0.5, 0.6) is 0 Å². The average Bonchev–Trinajstić information content (AvgIpc) is 3.11. The second-order valence-corrected chi connectivity index (χ2v) is 6.65. The van der Waals surface area contributed by atoms with E-state index < -0.39 is 10.2 Å². The van der Waals surface area contributed by atoms with Crippen molar-refractivity contribution in [3.63, 3.8) is 0 Å². The summed E-state index contributed by atoms with van der Waals surface area (Å²) in [5, 5.41) is 0. The molecule has 0 radical (unpaired) electrons. The zero-order valence-electron chi connectivity index (χ0n) is 12.4. The molecule has 2 aliphatic heterocycles. The molecule has 0 spiro atoms. The Morgan fingerprint density at radius 1 is 0.571 bits per heavy atom. The third-order valence-electron chi connectivity index (χ3n) is 4.51. The van der Waals surface area contributed by atoms with Crippen molar-refractivity contribution in [2.75, 3.05) is 26.2 Å². The van der Waals surface area contributed by atoms with Crippen LogP contribution in [0.15, 0.2) is 0 Å². The van der Waals surface area contributed by atoms with Gasteiger partial charge in [0.05, 0.1) is 0 Å². The van der Waals surface area contributed by atoms with E-state index in [1.807, 2.05) is 0 Å². The number of hydrogen-bond acceptors (Lipinski definition) is 4. The van der Waals surface area contributed by atoms with Crippen molar-refractivity contribution in [2.24, 2.45) is 0 Å². The number of hydrogen-bond donors (Lipinski definition) is 0. The smallest absolute Gasteiger partial charge is 0.153 e. The minimum absolute atomic E-state index is 1.34. The standard InChI is InChI=1S/C14H24N2.ClHO4/c1-2-10-15(9-1)13-5-7-14(8-6-13)16-11-3-4-12-16;2-1(3,4)5/h1-12H2;(H,2,3,4,5)/q+2;/p-1. The maximum absolute atomic E-state index is 8.49. The Kier molecular flexibility index (Phi) is 6.13. The highest BCUT2D eigenvalue weighted by Crippen LogP contribution is 2.17. The van der Waals surface area contributed by atoms with E-state index in [-0.39, 0.29) is 0 Å². The molecule has 6 nitrogen and oxygen atoms in total. The summed E-state index contributed by atoms with van der Waals surface area (Å²) in [6.07, 6.45) is 11.1. The van der Waals surface area contributed by atoms with Crippen LogP contribution in [-0.4, -0.2) is 46.8 Å². The van der Waals surface area contributed by atoms with Gasteiger partial charge in [0.25, 0.3) is 0 Å². The lowest BCUT2D eigenvalue weighted by Crippen LogP contribution is -2.68. The third kappa shape index (κ3) is 6.00. The van der Waals surface area contributed by atoms with E-state index in [0.29, 0.717) is 0 Å². The van der Waals surface area contributed by atoms with Gasteiger partial charge >= 0.3 is 0 Å². The molecule has 0 amide bonds. The van der Waals surface area contributed by atoms with Gasteiger partial charge in [-0.15, -0.1) is 10.2 Å². The molecule has 3 fully saturated rings. The Labute approximate surface area is 127 Å². The van der Waals surface area contributed by atoms with Gasteiger partial charge < -0.3 is 0 Å². The number of rotatable bonds is 0. The molecule has 0 aromatic rings. The van der Waals surface area contributed by atoms with Crippen molar-refractivity contribution in [1.29, 1.82) is 0 Å². The molecule has 0 N–H and O–H groups in total. The Balaban J connectivity index is 0.000000282. The highest BCUT2D eigenvalue weighted by molar-refractivity contribution is 5.94. The Morgan fingerprint density at radius 3 is 1.05 bits per heavy atom. The fraction of sp³-hybridized carbons (Fsp3) is 0.857. The largest absolute Gasteiger partial charge is 0.237 e. The zero-order valence-corrected chi connectivity index (χ0v) is 13.1. The zero-order chi connectivity index (χ0) is 15.3. The first-order chi connectivity index (χ1) is 9.93. The summed E-state index contributed by atoms with van der Waals surface area (Å²) >= 11 is 0. The van der Waals surface area contributed by atoms with Gasteiger partial charge in [-0.3, -0.25) is 0 Å². The Morgan fingerprint density at radius 2 is 0.810 bits per heavy atom. The Hall–Kier alpha value is -0.530. The fourth-order valence-electron chi connectivity index (χ4n) is 3.53. The molecular formula is C14H24ClN2O4+. The lowest BCUT2D eigenvalue weighted by atomic mass is 9.95. The minimum atomic E-state index is -4.94. The normalized spacial score (nSPS) is 23.4. The molecule has 1 saturated carbocycles. The van der Waals surface area contributed by atoms with Gasteiger partial charge in [-0.25, -0.2) is 27.8 Å². The monoisotopic (exact) mass is 319 g/mol. The predicted octanol–water partition coefficient (Wildman–Crippen LogP) is -2.70. The van der Waals surface area contributed by atoms with Crippen LogP contribution < -0.4 is 18.6 Å². The van der Waals surface area contributed by atoms with Gasteiger partial charge in [0.2, 0.25) is 0 Å². The van der Waals surface area contributed by atoms with Gasteiger partial charge in [0, 0.05) is 51.4 Å². The van der Waals surface area contributed by atoms with Crippen LogP contribution in [0.25, 0.3) is 0 Å². The maximum Gasteiger partial charge on any atom is 0.153 e. The SMILES string of the molecule is C1CC[N+](=C2CCC(=[N+]3CCCC3)CC2)C1.[O-][Cl+3]([O-])([O-])[O-]. The molecule has 0 bridgehead atoms. The third-order valence-corrected chi connectivity index (χ3v) is 4.51. The fourth-order valence-corrected chi connectivity index (χ4v) is 3.53. The van der Waals surface area contributed by atoms with Gasteiger partial charge in [-0.1, -0.05) is 0 Å². The average molecular weight is 320 g/mol. The maximum atomic E-state index is 8.49. The summed E-state index contributed by atoms with van der Waals surface area (Å²) < 4.78 is 39.3. The summed E-state index contributed by atoms with van der Waals surface area (Å²) in [5.74, 6) is 0. The lowest BCUT2D eigenvalue weighted by Gasteiger charge is -2.17. The van der Waals surface area contributed by atoms with Crippen molar-refractivity contribution < 1.29 is 38.0 Å². The molecule has 3 aliphatic rings. The molecule has 7 heteroatoms. The van der Waals surface area contributed by atoms with Crippen LogP contribution >= 0.6 is 0 Å². The van der Waals surface area contributed by atoms with Crippen LogP contribution in [0.4, 0.5) is 0 Å². The van der Waals surface area contributed by atoms with Gasteiger partial charge in [0.1, 0.15) is 26.2 Å². The van der Waals surface area contributed by atoms with E-state index in [2.05, 4.69) is 9.15 Å². The molecule has 0 atom stereocenters. The first kappa shape index (κ1) is 16.8. The van der Waals surface area contributed by atoms with Crippen LogP contribution in [0.1, 0.15) is 51.4 Å². The first-order valence-corrected chi connectivity index (χ1v) is 8.98. The van der Waals surface area contributed by atoms with E-state index in [1.54, 1.807) is 11.4 Å². The molecular weight excluding hydrogens is 296 g/mol. The molecule has 0 unspecified atom stereocenters. The van der Waals surface area contributed by atoms with Gasteiger partial charge in [-0.05, 0) is 0 Å². The second-order valence-electron chi connectivity index (χ2n) is 5.90. The quantitative estimate of drug-likeness (QED) is 0.454. The molecule has 2 saturated heterocycles. The van der Waals surface area contributed by atoms with Crippen molar-refractivity contribution in [3.8, 4) is 0 Å². The van der Waals surface area contributed by atoms with Gasteiger partial charge in [-0.2, -0.15) is 0 Å². The van der Waals surface area contributed by atoms with E-state index in [0.717, 1.165) is 0 Å². The van der Waals surface area contributed by atoms with E-state index in [9.17, 15) is 0 Å². The summed E-state index contributed by atoms with van der Waals surface area (Å²) in [6, 6.07) is 0. The molecule has 1 aliphatic carbocycles. The number of nitrogens with zero attached hydrogens (tertiary/aromatic N) is 2. The van der Waals surface area contributed by atoms with Crippen molar-refractivity contribution >= 4 is 11.4 Å². The second kappa shape index (κ2) is 7.65. The van der Waals surface area contributed by atoms with Gasteiger partial charge in [0.15, 0.2) is 11.4 Å². The lowest BCUT2D eigenvalue weighted by molar-refractivity contribution is -2.00. The Bertz CT molecular complexity index is 361. The van der Waals surface area contributed by atoms with E-state index >= 15 is 0 Å². The molecule has 0 aromatic carbocycles. The first-order valence-electron chi connectivity index (χ1n) is 7.74. The molecule has 120 valence electrons. The van der Waals surface area contributed by atoms with Crippen LogP contribution in [0.2, 0.25) is 0 Å². The van der Waals surface area contributed by atoms with Crippen LogP contribution in [-0.2, 0) is 0 Å². The minimum Gasteiger partial charge on any atom is -0.237 e. The van der Waals surface area contributed by atoms with Crippen molar-refractivity contribution in [2.45, 2.75) is 51.4 Å². The molecule has 3 rings (SSSR count).